The topological polar surface area (TPSA) is 34.1 Å². The summed E-state index contributed by atoms with van der Waals surface area (Å²) in [7, 11) is 0. The fourth-order valence-electron chi connectivity index (χ4n) is 1.71. The molecule has 0 aliphatic rings. The number of carbonyl (C=O) groups is 2. The molecule has 0 N–H and O–H groups in total. The predicted molar refractivity (Wildman–Crippen MR) is 67.3 cm³/mol. The summed E-state index contributed by atoms with van der Waals surface area (Å²) < 4.78 is 0. The van der Waals surface area contributed by atoms with Gasteiger partial charge in [-0.05, 0) is 46.0 Å². The van der Waals surface area contributed by atoms with Crippen LogP contribution in [0.15, 0.2) is 11.6 Å². The second kappa shape index (κ2) is 8.26. The summed E-state index contributed by atoms with van der Waals surface area (Å²) in [5.41, 5.74) is 1.32. The summed E-state index contributed by atoms with van der Waals surface area (Å²) in [4.78, 5) is 21.8. The van der Waals surface area contributed by atoms with Gasteiger partial charge in [0.2, 0.25) is 0 Å². The molecular weight excluding hydrogens is 200 g/mol. The standard InChI is InChI=1S/C14H24O2/c1-11(2)6-5-7-12(3)14(10-15)9-8-13(4)16/h6,10,12,14H,5,7-9H2,1-4H3/t12-,14+/m1/s1. The molecule has 0 aromatic carbocycles. The lowest BCUT2D eigenvalue weighted by molar-refractivity contribution is -0.117. The van der Waals surface area contributed by atoms with Gasteiger partial charge in [0, 0.05) is 12.3 Å². The first-order valence-electron chi connectivity index (χ1n) is 6.05. The van der Waals surface area contributed by atoms with Crippen molar-refractivity contribution < 1.29 is 9.59 Å². The fourth-order valence-corrected chi connectivity index (χ4v) is 1.71. The molecule has 0 rings (SSSR count). The van der Waals surface area contributed by atoms with Crippen molar-refractivity contribution in [3.8, 4) is 0 Å². The Hall–Kier alpha value is -0.920. The lowest BCUT2D eigenvalue weighted by Crippen LogP contribution is -2.14. The molecule has 0 amide bonds. The number of hydrogen-bond donors (Lipinski definition) is 0. The van der Waals surface area contributed by atoms with Gasteiger partial charge in [-0.15, -0.1) is 0 Å². The van der Waals surface area contributed by atoms with Crippen molar-refractivity contribution in [2.24, 2.45) is 11.8 Å². The Morgan fingerprint density at radius 1 is 1.19 bits per heavy atom. The molecule has 0 aromatic heterocycles. The molecule has 0 unspecified atom stereocenters. The van der Waals surface area contributed by atoms with Crippen LogP contribution in [0.2, 0.25) is 0 Å². The molecule has 92 valence electrons. The van der Waals surface area contributed by atoms with Crippen molar-refractivity contribution in [3.05, 3.63) is 11.6 Å². The molecule has 0 saturated carbocycles. The van der Waals surface area contributed by atoms with E-state index in [1.165, 1.54) is 5.57 Å². The van der Waals surface area contributed by atoms with Crippen molar-refractivity contribution in [2.75, 3.05) is 0 Å². The van der Waals surface area contributed by atoms with Crippen LogP contribution in [-0.2, 0) is 9.59 Å². The van der Waals surface area contributed by atoms with Gasteiger partial charge in [-0.25, -0.2) is 0 Å². The van der Waals surface area contributed by atoms with Gasteiger partial charge in [-0.3, -0.25) is 0 Å². The Labute approximate surface area is 99.1 Å². The first-order chi connectivity index (χ1) is 7.47. The summed E-state index contributed by atoms with van der Waals surface area (Å²) in [5, 5.41) is 0. The van der Waals surface area contributed by atoms with Crippen LogP contribution in [0.1, 0.15) is 53.4 Å². The monoisotopic (exact) mass is 224 g/mol. The Kier molecular flexibility index (Phi) is 7.78. The molecule has 0 radical (unpaired) electrons. The molecule has 2 heteroatoms. The Morgan fingerprint density at radius 3 is 2.25 bits per heavy atom. The molecule has 0 aliphatic heterocycles. The predicted octanol–water partition coefficient (Wildman–Crippen LogP) is 3.55. The molecular formula is C14H24O2. The second-order valence-electron chi connectivity index (χ2n) is 4.88. The van der Waals surface area contributed by atoms with Gasteiger partial charge in [0.05, 0.1) is 0 Å². The van der Waals surface area contributed by atoms with Gasteiger partial charge in [-0.1, -0.05) is 18.6 Å². The van der Waals surface area contributed by atoms with E-state index in [4.69, 9.17) is 0 Å². The maximum atomic E-state index is 10.9. The maximum Gasteiger partial charge on any atom is 0.129 e. The minimum Gasteiger partial charge on any atom is -0.303 e. The first-order valence-corrected chi connectivity index (χ1v) is 6.05. The highest BCUT2D eigenvalue weighted by atomic mass is 16.1. The van der Waals surface area contributed by atoms with Crippen LogP contribution in [0.5, 0.6) is 0 Å². The van der Waals surface area contributed by atoms with Gasteiger partial charge in [0.25, 0.3) is 0 Å². The molecule has 2 atom stereocenters. The number of hydrogen-bond acceptors (Lipinski definition) is 2. The van der Waals surface area contributed by atoms with E-state index in [1.54, 1.807) is 6.92 Å². The van der Waals surface area contributed by atoms with E-state index in [-0.39, 0.29) is 11.7 Å². The quantitative estimate of drug-likeness (QED) is 0.466. The number of ketones is 1. The lowest BCUT2D eigenvalue weighted by Gasteiger charge is -2.17. The highest BCUT2D eigenvalue weighted by Crippen LogP contribution is 2.21. The molecule has 2 nitrogen and oxygen atoms in total. The largest absolute Gasteiger partial charge is 0.303 e. The van der Waals surface area contributed by atoms with Gasteiger partial charge in [-0.2, -0.15) is 0 Å². The Morgan fingerprint density at radius 2 is 1.81 bits per heavy atom. The number of aldehydes is 1. The SMILES string of the molecule is CC(=O)CC[C@@H](C=O)[C@H](C)CCC=C(C)C. The highest BCUT2D eigenvalue weighted by Gasteiger charge is 2.16. The van der Waals surface area contributed by atoms with Crippen molar-refractivity contribution in [1.82, 2.24) is 0 Å². The van der Waals surface area contributed by atoms with Gasteiger partial charge >= 0.3 is 0 Å². The van der Waals surface area contributed by atoms with E-state index in [0.29, 0.717) is 18.8 Å². The van der Waals surface area contributed by atoms with Crippen LogP contribution in [0.4, 0.5) is 0 Å². The van der Waals surface area contributed by atoms with Gasteiger partial charge < -0.3 is 9.59 Å². The van der Waals surface area contributed by atoms with E-state index in [2.05, 4.69) is 26.8 Å². The van der Waals surface area contributed by atoms with Crippen molar-refractivity contribution in [1.29, 1.82) is 0 Å². The van der Waals surface area contributed by atoms with E-state index in [9.17, 15) is 9.59 Å². The van der Waals surface area contributed by atoms with Crippen LogP contribution < -0.4 is 0 Å². The fraction of sp³-hybridized carbons (Fsp3) is 0.714. The summed E-state index contributed by atoms with van der Waals surface area (Å²) in [6.07, 6.45) is 6.48. The summed E-state index contributed by atoms with van der Waals surface area (Å²) in [6.45, 7) is 7.84. The minimum atomic E-state index is 0.0365. The number of rotatable bonds is 8. The van der Waals surface area contributed by atoms with Crippen molar-refractivity contribution >= 4 is 12.1 Å². The molecule has 0 bridgehead atoms. The van der Waals surface area contributed by atoms with E-state index < -0.39 is 0 Å². The maximum absolute atomic E-state index is 10.9. The normalized spacial score (nSPS) is 14.0. The van der Waals surface area contributed by atoms with Crippen molar-refractivity contribution in [2.45, 2.75) is 53.4 Å². The lowest BCUT2D eigenvalue weighted by atomic mass is 9.87. The Balaban J connectivity index is 4.00. The van der Waals surface area contributed by atoms with Crippen LogP contribution >= 0.6 is 0 Å². The molecule has 0 saturated heterocycles. The van der Waals surface area contributed by atoms with E-state index in [1.807, 2.05) is 0 Å². The number of carbonyl (C=O) groups excluding carboxylic acids is 2. The van der Waals surface area contributed by atoms with Crippen LogP contribution in [0.3, 0.4) is 0 Å². The zero-order valence-corrected chi connectivity index (χ0v) is 11.0. The zero-order chi connectivity index (χ0) is 12.6. The van der Waals surface area contributed by atoms with Gasteiger partial charge in [0.1, 0.15) is 12.1 Å². The summed E-state index contributed by atoms with van der Waals surface area (Å²) in [6, 6.07) is 0. The Bertz CT molecular complexity index is 249. The van der Waals surface area contributed by atoms with Crippen LogP contribution in [-0.4, -0.2) is 12.1 Å². The number of allylic oxidation sites excluding steroid dienone is 2. The average molecular weight is 224 g/mol. The summed E-state index contributed by atoms with van der Waals surface area (Å²) in [5.74, 6) is 0.574. The molecule has 0 fully saturated rings. The number of Topliss-reactive ketones (excluding diaryl/α,β-unsaturated/α-hetero) is 1. The third kappa shape index (κ3) is 7.38. The third-order valence-corrected chi connectivity index (χ3v) is 2.91. The molecule has 0 aromatic rings. The second-order valence-corrected chi connectivity index (χ2v) is 4.88. The van der Waals surface area contributed by atoms with Crippen molar-refractivity contribution in [3.63, 3.8) is 0 Å². The molecule has 0 heterocycles. The average Bonchev–Trinajstić information content (AvgIpc) is 2.17. The summed E-state index contributed by atoms with van der Waals surface area (Å²) >= 11 is 0. The highest BCUT2D eigenvalue weighted by molar-refractivity contribution is 5.75. The van der Waals surface area contributed by atoms with Crippen LogP contribution in [0, 0.1) is 11.8 Å². The molecule has 0 aliphatic carbocycles. The van der Waals surface area contributed by atoms with E-state index >= 15 is 0 Å². The van der Waals surface area contributed by atoms with Gasteiger partial charge in [0.15, 0.2) is 0 Å². The van der Waals surface area contributed by atoms with E-state index in [0.717, 1.165) is 19.1 Å². The third-order valence-electron chi connectivity index (χ3n) is 2.91. The first kappa shape index (κ1) is 15.1. The molecule has 16 heavy (non-hydrogen) atoms. The minimum absolute atomic E-state index is 0.0365. The van der Waals surface area contributed by atoms with Crippen LogP contribution in [0.25, 0.3) is 0 Å². The smallest absolute Gasteiger partial charge is 0.129 e. The zero-order valence-electron chi connectivity index (χ0n) is 11.0. The molecule has 0 spiro atoms.